The van der Waals surface area contributed by atoms with Gasteiger partial charge in [0.2, 0.25) is 0 Å². The highest BCUT2D eigenvalue weighted by Crippen LogP contribution is 2.34. The molecule has 1 saturated carbocycles. The quantitative estimate of drug-likeness (QED) is 0.362. The molecule has 0 unspecified atom stereocenters. The molecule has 3 heteroatoms. The zero-order valence-corrected chi connectivity index (χ0v) is 16.3. The van der Waals surface area contributed by atoms with Crippen LogP contribution in [-0.2, 0) is 0 Å². The van der Waals surface area contributed by atoms with Crippen LogP contribution in [0.1, 0.15) is 12.8 Å². The molecule has 2 nitrogen and oxygen atoms in total. The van der Waals surface area contributed by atoms with Gasteiger partial charge in [-0.2, -0.15) is 0 Å². The SMILES string of the molecule is Brc1ccc2nc(-c3ccc(OC4CC4)cc3)cc(-c3ccccc3)c2c1. The van der Waals surface area contributed by atoms with E-state index in [1.807, 2.05) is 24.3 Å². The van der Waals surface area contributed by atoms with Crippen molar-refractivity contribution in [3.8, 4) is 28.1 Å². The molecule has 132 valence electrons. The van der Waals surface area contributed by atoms with Gasteiger partial charge in [0.05, 0.1) is 17.3 Å². The first-order valence-corrected chi connectivity index (χ1v) is 9.98. The summed E-state index contributed by atoms with van der Waals surface area (Å²) in [5.41, 5.74) is 5.45. The van der Waals surface area contributed by atoms with Crippen LogP contribution in [0, 0.1) is 0 Å². The summed E-state index contributed by atoms with van der Waals surface area (Å²) in [6.45, 7) is 0. The van der Waals surface area contributed by atoms with Gasteiger partial charge < -0.3 is 4.74 Å². The summed E-state index contributed by atoms with van der Waals surface area (Å²) in [5, 5.41) is 1.15. The van der Waals surface area contributed by atoms with Crippen LogP contribution in [0.25, 0.3) is 33.3 Å². The van der Waals surface area contributed by atoms with Gasteiger partial charge in [-0.1, -0.05) is 46.3 Å². The van der Waals surface area contributed by atoms with Crippen molar-refractivity contribution in [1.29, 1.82) is 0 Å². The lowest BCUT2D eigenvalue weighted by atomic mass is 9.98. The predicted octanol–water partition coefficient (Wildman–Crippen LogP) is 6.87. The van der Waals surface area contributed by atoms with E-state index in [1.54, 1.807) is 0 Å². The molecule has 0 radical (unpaired) electrons. The van der Waals surface area contributed by atoms with E-state index in [9.17, 15) is 0 Å². The third-order valence-electron chi connectivity index (χ3n) is 4.83. The largest absolute Gasteiger partial charge is 0.490 e. The summed E-state index contributed by atoms with van der Waals surface area (Å²) in [6.07, 6.45) is 2.76. The van der Waals surface area contributed by atoms with Crippen molar-refractivity contribution in [2.24, 2.45) is 0 Å². The second-order valence-electron chi connectivity index (χ2n) is 6.92. The Kier molecular flexibility index (Phi) is 4.17. The second kappa shape index (κ2) is 6.82. The summed E-state index contributed by atoms with van der Waals surface area (Å²) in [6, 6.07) is 27.2. The van der Waals surface area contributed by atoms with Crippen LogP contribution in [0.15, 0.2) is 83.3 Å². The van der Waals surface area contributed by atoms with Crippen molar-refractivity contribution >= 4 is 26.8 Å². The van der Waals surface area contributed by atoms with E-state index in [2.05, 4.69) is 70.5 Å². The number of rotatable bonds is 4. The van der Waals surface area contributed by atoms with Gasteiger partial charge in [0.15, 0.2) is 0 Å². The maximum Gasteiger partial charge on any atom is 0.119 e. The Hall–Kier alpha value is -2.65. The van der Waals surface area contributed by atoms with Gasteiger partial charge in [-0.05, 0) is 72.5 Å². The Morgan fingerprint density at radius 1 is 0.815 bits per heavy atom. The van der Waals surface area contributed by atoms with E-state index in [4.69, 9.17) is 9.72 Å². The standard InChI is InChI=1S/C24H18BrNO/c25-18-8-13-23-22(14-18)21(16-4-2-1-3-5-16)15-24(26-23)17-6-9-19(10-7-17)27-20-11-12-20/h1-10,13-15,20H,11-12H2. The molecule has 1 aliphatic carbocycles. The molecule has 0 saturated heterocycles. The molecule has 1 heterocycles. The molecule has 4 aromatic rings. The van der Waals surface area contributed by atoms with Gasteiger partial charge >= 0.3 is 0 Å². The average Bonchev–Trinajstić information content (AvgIpc) is 3.52. The third-order valence-corrected chi connectivity index (χ3v) is 5.33. The molecule has 0 spiro atoms. The highest BCUT2D eigenvalue weighted by Gasteiger charge is 2.23. The van der Waals surface area contributed by atoms with Crippen molar-refractivity contribution in [2.75, 3.05) is 0 Å². The number of aromatic nitrogens is 1. The molecule has 0 amide bonds. The summed E-state index contributed by atoms with van der Waals surface area (Å²) in [7, 11) is 0. The van der Waals surface area contributed by atoms with Crippen molar-refractivity contribution in [2.45, 2.75) is 18.9 Å². The minimum absolute atomic E-state index is 0.415. The second-order valence-corrected chi connectivity index (χ2v) is 7.84. The fourth-order valence-corrected chi connectivity index (χ4v) is 3.65. The van der Waals surface area contributed by atoms with Gasteiger partial charge in [0, 0.05) is 15.4 Å². The minimum Gasteiger partial charge on any atom is -0.490 e. The number of hydrogen-bond acceptors (Lipinski definition) is 2. The van der Waals surface area contributed by atoms with Crippen LogP contribution < -0.4 is 4.74 Å². The molecule has 5 rings (SSSR count). The highest BCUT2D eigenvalue weighted by molar-refractivity contribution is 9.10. The van der Waals surface area contributed by atoms with E-state index in [1.165, 1.54) is 24.0 Å². The lowest BCUT2D eigenvalue weighted by Crippen LogP contribution is -1.95. The summed E-state index contributed by atoms with van der Waals surface area (Å²) < 4.78 is 6.93. The molecule has 0 atom stereocenters. The lowest BCUT2D eigenvalue weighted by molar-refractivity contribution is 0.303. The van der Waals surface area contributed by atoms with Crippen LogP contribution >= 0.6 is 15.9 Å². The van der Waals surface area contributed by atoms with E-state index >= 15 is 0 Å². The van der Waals surface area contributed by atoms with E-state index < -0.39 is 0 Å². The first-order chi connectivity index (χ1) is 13.3. The number of ether oxygens (including phenoxy) is 1. The first kappa shape index (κ1) is 16.5. The van der Waals surface area contributed by atoms with Crippen LogP contribution in [0.3, 0.4) is 0 Å². The minimum atomic E-state index is 0.415. The average molecular weight is 416 g/mol. The maximum absolute atomic E-state index is 5.87. The number of benzene rings is 3. The number of hydrogen-bond donors (Lipinski definition) is 0. The maximum atomic E-state index is 5.87. The van der Waals surface area contributed by atoms with Crippen molar-refractivity contribution < 1.29 is 4.74 Å². The highest BCUT2D eigenvalue weighted by atomic mass is 79.9. The molecular weight excluding hydrogens is 398 g/mol. The topological polar surface area (TPSA) is 22.1 Å². The Morgan fingerprint density at radius 3 is 2.33 bits per heavy atom. The van der Waals surface area contributed by atoms with Gasteiger partial charge in [-0.3, -0.25) is 0 Å². The van der Waals surface area contributed by atoms with Crippen LogP contribution in [0.2, 0.25) is 0 Å². The molecule has 3 aromatic carbocycles. The number of halogens is 1. The molecule has 0 aliphatic heterocycles. The zero-order valence-electron chi connectivity index (χ0n) is 14.7. The van der Waals surface area contributed by atoms with Gasteiger partial charge in [-0.15, -0.1) is 0 Å². The van der Waals surface area contributed by atoms with E-state index in [-0.39, 0.29) is 0 Å². The van der Waals surface area contributed by atoms with Crippen LogP contribution in [-0.4, -0.2) is 11.1 Å². The molecule has 27 heavy (non-hydrogen) atoms. The first-order valence-electron chi connectivity index (χ1n) is 9.19. The van der Waals surface area contributed by atoms with Gasteiger partial charge in [0.25, 0.3) is 0 Å². The Bertz CT molecular complexity index is 1100. The predicted molar refractivity (Wildman–Crippen MR) is 114 cm³/mol. The van der Waals surface area contributed by atoms with E-state index in [0.29, 0.717) is 6.10 Å². The summed E-state index contributed by atoms with van der Waals surface area (Å²) >= 11 is 3.59. The number of pyridine rings is 1. The van der Waals surface area contributed by atoms with Crippen molar-refractivity contribution in [3.63, 3.8) is 0 Å². The molecular formula is C24H18BrNO. The third kappa shape index (κ3) is 3.47. The van der Waals surface area contributed by atoms with Gasteiger partial charge in [0.1, 0.15) is 5.75 Å². The molecule has 1 fully saturated rings. The lowest BCUT2D eigenvalue weighted by Gasteiger charge is -2.11. The fourth-order valence-electron chi connectivity index (χ4n) is 3.29. The summed E-state index contributed by atoms with van der Waals surface area (Å²) in [4.78, 5) is 4.91. The number of nitrogens with zero attached hydrogens (tertiary/aromatic N) is 1. The molecule has 0 N–H and O–H groups in total. The Labute approximate surface area is 167 Å². The van der Waals surface area contributed by atoms with Crippen LogP contribution in [0.5, 0.6) is 5.75 Å². The van der Waals surface area contributed by atoms with E-state index in [0.717, 1.165) is 32.4 Å². The normalized spacial score (nSPS) is 13.7. The smallest absolute Gasteiger partial charge is 0.119 e. The van der Waals surface area contributed by atoms with Crippen LogP contribution in [0.4, 0.5) is 0 Å². The molecule has 1 aromatic heterocycles. The fraction of sp³-hybridized carbons (Fsp3) is 0.125. The van der Waals surface area contributed by atoms with Crippen molar-refractivity contribution in [1.82, 2.24) is 4.98 Å². The monoisotopic (exact) mass is 415 g/mol. The van der Waals surface area contributed by atoms with Gasteiger partial charge in [-0.25, -0.2) is 4.98 Å². The number of fused-ring (bicyclic) bond motifs is 1. The molecule has 0 bridgehead atoms. The Morgan fingerprint density at radius 2 is 1.59 bits per heavy atom. The zero-order chi connectivity index (χ0) is 18.2. The summed E-state index contributed by atoms with van der Waals surface area (Å²) in [5.74, 6) is 0.939. The van der Waals surface area contributed by atoms with Crippen molar-refractivity contribution in [3.05, 3.63) is 83.3 Å². The Balaban J connectivity index is 1.63. The molecule has 1 aliphatic rings.